The summed E-state index contributed by atoms with van der Waals surface area (Å²) in [6.45, 7) is 3.50. The molecule has 0 saturated heterocycles. The fourth-order valence-corrected chi connectivity index (χ4v) is 1.46. The Morgan fingerprint density at radius 1 is 1.28 bits per heavy atom. The van der Waals surface area contributed by atoms with Gasteiger partial charge < -0.3 is 15.8 Å². The normalized spacial score (nSPS) is 13.6. The number of aryl methyl sites for hydroxylation is 1. The Balaban J connectivity index is 2.67. The van der Waals surface area contributed by atoms with Gasteiger partial charge in [0, 0.05) is 0 Å². The number of methoxy groups -OCH3 is 1. The first kappa shape index (κ1) is 14.2. The molecule has 1 unspecified atom stereocenters. The zero-order valence-electron chi connectivity index (χ0n) is 10.8. The molecule has 18 heavy (non-hydrogen) atoms. The minimum Gasteiger partial charge on any atom is -0.467 e. The number of amides is 1. The van der Waals surface area contributed by atoms with Crippen LogP contribution in [0.3, 0.4) is 0 Å². The van der Waals surface area contributed by atoms with E-state index in [1.165, 1.54) is 7.11 Å². The average molecular weight is 250 g/mol. The van der Waals surface area contributed by atoms with Crippen molar-refractivity contribution in [1.82, 2.24) is 5.32 Å². The van der Waals surface area contributed by atoms with E-state index in [2.05, 4.69) is 10.1 Å². The number of nitrogens with two attached hydrogens (primary N) is 1. The van der Waals surface area contributed by atoms with Crippen LogP contribution in [0.25, 0.3) is 0 Å². The van der Waals surface area contributed by atoms with Gasteiger partial charge in [-0.2, -0.15) is 0 Å². The molecular formula is C13H18N2O3. The average Bonchev–Trinajstić information content (AvgIpc) is 2.37. The van der Waals surface area contributed by atoms with E-state index in [9.17, 15) is 9.59 Å². The first-order valence-corrected chi connectivity index (χ1v) is 5.66. The van der Waals surface area contributed by atoms with Crippen LogP contribution < -0.4 is 11.1 Å². The van der Waals surface area contributed by atoms with Crippen LogP contribution in [-0.2, 0) is 14.3 Å². The molecule has 1 amide bonds. The van der Waals surface area contributed by atoms with Gasteiger partial charge in [0.2, 0.25) is 5.91 Å². The summed E-state index contributed by atoms with van der Waals surface area (Å²) in [6, 6.07) is 5.85. The number of rotatable bonds is 4. The molecule has 0 spiro atoms. The zero-order chi connectivity index (χ0) is 13.7. The lowest BCUT2D eigenvalue weighted by Crippen LogP contribution is -2.43. The van der Waals surface area contributed by atoms with Crippen molar-refractivity contribution in [3.63, 3.8) is 0 Å². The molecule has 0 radical (unpaired) electrons. The lowest BCUT2D eigenvalue weighted by Gasteiger charge is -2.16. The van der Waals surface area contributed by atoms with E-state index < -0.39 is 24.0 Å². The van der Waals surface area contributed by atoms with Gasteiger partial charge in [0.15, 0.2) is 0 Å². The molecule has 0 fully saturated rings. The summed E-state index contributed by atoms with van der Waals surface area (Å²) in [7, 11) is 1.27. The van der Waals surface area contributed by atoms with Crippen LogP contribution in [0.5, 0.6) is 0 Å². The van der Waals surface area contributed by atoms with Gasteiger partial charge in [-0.1, -0.05) is 29.8 Å². The number of hydrogen-bond acceptors (Lipinski definition) is 4. The van der Waals surface area contributed by atoms with Crippen molar-refractivity contribution in [2.24, 2.45) is 5.73 Å². The molecule has 1 rings (SSSR count). The molecule has 2 atom stereocenters. The van der Waals surface area contributed by atoms with Crippen LogP contribution in [0.4, 0.5) is 0 Å². The Morgan fingerprint density at radius 3 is 2.33 bits per heavy atom. The third kappa shape index (κ3) is 3.56. The van der Waals surface area contributed by atoms with Crippen LogP contribution in [0, 0.1) is 6.92 Å². The highest BCUT2D eigenvalue weighted by molar-refractivity contribution is 5.87. The molecule has 5 heteroatoms. The molecule has 3 N–H and O–H groups in total. The molecule has 0 aliphatic rings. The van der Waals surface area contributed by atoms with Crippen LogP contribution in [0.15, 0.2) is 24.3 Å². The fraction of sp³-hybridized carbons (Fsp3) is 0.385. The monoisotopic (exact) mass is 250 g/mol. The van der Waals surface area contributed by atoms with Gasteiger partial charge in [-0.25, -0.2) is 4.79 Å². The summed E-state index contributed by atoms with van der Waals surface area (Å²) in [4.78, 5) is 23.0. The minimum absolute atomic E-state index is 0.406. The second-order valence-electron chi connectivity index (χ2n) is 4.14. The molecule has 1 aromatic rings. The van der Waals surface area contributed by atoms with E-state index >= 15 is 0 Å². The Hall–Kier alpha value is -1.88. The second kappa shape index (κ2) is 6.16. The predicted molar refractivity (Wildman–Crippen MR) is 67.7 cm³/mol. The van der Waals surface area contributed by atoms with Crippen molar-refractivity contribution in [1.29, 1.82) is 0 Å². The third-order valence-electron chi connectivity index (χ3n) is 2.63. The summed E-state index contributed by atoms with van der Waals surface area (Å²) in [5.74, 6) is -0.906. The zero-order valence-corrected chi connectivity index (χ0v) is 10.8. The number of esters is 1. The molecule has 1 aromatic carbocycles. The molecule has 0 aliphatic heterocycles. The predicted octanol–water partition coefficient (Wildman–Crippen LogP) is 0.673. The SMILES string of the molecule is COC(=O)[C@@H](C)NC(=O)C(N)c1ccc(C)cc1. The Bertz CT molecular complexity index is 428. The summed E-state index contributed by atoms with van der Waals surface area (Å²) in [5, 5.41) is 2.50. The maximum atomic E-state index is 11.8. The van der Waals surface area contributed by atoms with Crippen molar-refractivity contribution < 1.29 is 14.3 Å². The number of ether oxygens (including phenoxy) is 1. The second-order valence-corrected chi connectivity index (χ2v) is 4.14. The van der Waals surface area contributed by atoms with Gasteiger partial charge in [0.05, 0.1) is 7.11 Å². The maximum absolute atomic E-state index is 11.8. The molecule has 5 nitrogen and oxygen atoms in total. The number of hydrogen-bond donors (Lipinski definition) is 2. The van der Waals surface area contributed by atoms with E-state index in [-0.39, 0.29) is 0 Å². The maximum Gasteiger partial charge on any atom is 0.328 e. The Kier molecular flexibility index (Phi) is 4.85. The highest BCUT2D eigenvalue weighted by Crippen LogP contribution is 2.11. The standard InChI is InChI=1S/C13H18N2O3/c1-8-4-6-10(7-5-8)11(14)12(16)15-9(2)13(17)18-3/h4-7,9,11H,14H2,1-3H3,(H,15,16)/t9-,11?/m1/s1. The van der Waals surface area contributed by atoms with E-state index in [1.54, 1.807) is 19.1 Å². The summed E-state index contributed by atoms with van der Waals surface area (Å²) in [6.07, 6.45) is 0. The fourth-order valence-electron chi connectivity index (χ4n) is 1.46. The largest absolute Gasteiger partial charge is 0.467 e. The van der Waals surface area contributed by atoms with Crippen LogP contribution >= 0.6 is 0 Å². The van der Waals surface area contributed by atoms with Crippen molar-refractivity contribution in [3.05, 3.63) is 35.4 Å². The first-order valence-electron chi connectivity index (χ1n) is 5.66. The van der Waals surface area contributed by atoms with Crippen molar-refractivity contribution >= 4 is 11.9 Å². The molecule has 0 bridgehead atoms. The number of carbonyl (C=O) groups excluding carboxylic acids is 2. The Morgan fingerprint density at radius 2 is 1.83 bits per heavy atom. The quantitative estimate of drug-likeness (QED) is 0.770. The topological polar surface area (TPSA) is 81.4 Å². The molecule has 0 saturated carbocycles. The molecule has 0 heterocycles. The molecule has 0 aliphatic carbocycles. The summed E-state index contributed by atoms with van der Waals surface area (Å²) >= 11 is 0. The molecule has 0 aromatic heterocycles. The van der Waals surface area contributed by atoms with E-state index in [4.69, 9.17) is 5.73 Å². The van der Waals surface area contributed by atoms with E-state index in [0.717, 1.165) is 5.56 Å². The number of benzene rings is 1. The lowest BCUT2D eigenvalue weighted by molar-refractivity contribution is -0.144. The van der Waals surface area contributed by atoms with Crippen molar-refractivity contribution in [2.75, 3.05) is 7.11 Å². The summed E-state index contributed by atoms with van der Waals surface area (Å²) in [5.41, 5.74) is 7.61. The first-order chi connectivity index (χ1) is 8.45. The molecule has 98 valence electrons. The van der Waals surface area contributed by atoms with Gasteiger partial charge in [0.1, 0.15) is 12.1 Å². The number of carbonyl (C=O) groups is 2. The minimum atomic E-state index is -0.794. The van der Waals surface area contributed by atoms with Crippen molar-refractivity contribution in [3.8, 4) is 0 Å². The summed E-state index contributed by atoms with van der Waals surface area (Å²) < 4.78 is 4.52. The smallest absolute Gasteiger partial charge is 0.328 e. The molecular weight excluding hydrogens is 232 g/mol. The van der Waals surface area contributed by atoms with E-state index in [0.29, 0.717) is 5.56 Å². The van der Waals surface area contributed by atoms with Crippen LogP contribution in [-0.4, -0.2) is 25.0 Å². The van der Waals surface area contributed by atoms with Crippen LogP contribution in [0.1, 0.15) is 24.1 Å². The van der Waals surface area contributed by atoms with Crippen molar-refractivity contribution in [2.45, 2.75) is 25.9 Å². The third-order valence-corrected chi connectivity index (χ3v) is 2.63. The highest BCUT2D eigenvalue weighted by Gasteiger charge is 2.21. The van der Waals surface area contributed by atoms with Gasteiger partial charge in [-0.05, 0) is 19.4 Å². The van der Waals surface area contributed by atoms with E-state index in [1.807, 2.05) is 19.1 Å². The highest BCUT2D eigenvalue weighted by atomic mass is 16.5. The van der Waals surface area contributed by atoms with Gasteiger partial charge in [-0.3, -0.25) is 4.79 Å². The number of nitrogens with one attached hydrogen (secondary N) is 1. The van der Waals surface area contributed by atoms with Gasteiger partial charge in [-0.15, -0.1) is 0 Å². The van der Waals surface area contributed by atoms with Crippen LogP contribution in [0.2, 0.25) is 0 Å². The van der Waals surface area contributed by atoms with Gasteiger partial charge >= 0.3 is 5.97 Å². The van der Waals surface area contributed by atoms with Gasteiger partial charge in [0.25, 0.3) is 0 Å². The lowest BCUT2D eigenvalue weighted by atomic mass is 10.1. The Labute approximate surface area is 106 Å².